The Balaban J connectivity index is 2.40. The molecule has 3 N–H and O–H groups in total. The topological polar surface area (TPSA) is 64.3 Å². The molecule has 1 aliphatic rings. The molecule has 1 rings (SSSR count). The molecule has 4 nitrogen and oxygen atoms in total. The van der Waals surface area contributed by atoms with Crippen LogP contribution in [0.5, 0.6) is 0 Å². The molecule has 0 spiro atoms. The van der Waals surface area contributed by atoms with Gasteiger partial charge < -0.3 is 15.8 Å². The van der Waals surface area contributed by atoms with Crippen molar-refractivity contribution in [1.82, 2.24) is 5.32 Å². The minimum Gasteiger partial charge on any atom is -0.458 e. The highest BCUT2D eigenvalue weighted by molar-refractivity contribution is 5.73. The number of carbonyl (C=O) groups is 1. The number of rotatable bonds is 3. The van der Waals surface area contributed by atoms with Crippen molar-refractivity contribution in [2.75, 3.05) is 19.6 Å². The molecule has 4 heteroatoms. The quantitative estimate of drug-likeness (QED) is 0.642. The van der Waals surface area contributed by atoms with Crippen LogP contribution in [0.4, 0.5) is 0 Å². The van der Waals surface area contributed by atoms with Gasteiger partial charge in [0.25, 0.3) is 0 Å². The van der Waals surface area contributed by atoms with Gasteiger partial charge in [0.05, 0.1) is 5.92 Å². The van der Waals surface area contributed by atoms with E-state index in [-0.39, 0.29) is 11.9 Å². The Bertz CT molecular complexity index is 198. The molecule has 0 aromatic rings. The van der Waals surface area contributed by atoms with Gasteiger partial charge in [-0.1, -0.05) is 0 Å². The van der Waals surface area contributed by atoms with Crippen molar-refractivity contribution in [3.05, 3.63) is 0 Å². The van der Waals surface area contributed by atoms with Crippen molar-refractivity contribution in [2.45, 2.75) is 32.3 Å². The number of nitrogens with one attached hydrogen (secondary N) is 1. The monoisotopic (exact) mass is 200 g/mol. The maximum atomic E-state index is 11.7. The van der Waals surface area contributed by atoms with Crippen LogP contribution in [-0.4, -0.2) is 31.2 Å². The highest BCUT2D eigenvalue weighted by Crippen LogP contribution is 2.16. The summed E-state index contributed by atoms with van der Waals surface area (Å²) >= 11 is 0. The summed E-state index contributed by atoms with van der Waals surface area (Å²) in [6, 6.07) is 0. The molecule has 0 unspecified atom stereocenters. The highest BCUT2D eigenvalue weighted by atomic mass is 16.6. The number of esters is 1. The second kappa shape index (κ2) is 4.75. The van der Waals surface area contributed by atoms with Gasteiger partial charge >= 0.3 is 5.97 Å². The lowest BCUT2D eigenvalue weighted by molar-refractivity contribution is -0.161. The van der Waals surface area contributed by atoms with E-state index in [0.29, 0.717) is 6.54 Å². The van der Waals surface area contributed by atoms with Crippen LogP contribution < -0.4 is 11.1 Å². The number of ether oxygens (including phenoxy) is 1. The fourth-order valence-corrected chi connectivity index (χ4v) is 1.45. The first-order valence-corrected chi connectivity index (χ1v) is 5.19. The second-order valence-electron chi connectivity index (χ2n) is 4.43. The predicted molar refractivity (Wildman–Crippen MR) is 54.8 cm³/mol. The summed E-state index contributed by atoms with van der Waals surface area (Å²) in [6.45, 7) is 5.77. The molecule has 0 saturated carbocycles. The van der Waals surface area contributed by atoms with E-state index in [9.17, 15) is 4.79 Å². The van der Waals surface area contributed by atoms with Crippen molar-refractivity contribution < 1.29 is 9.53 Å². The van der Waals surface area contributed by atoms with Crippen LogP contribution >= 0.6 is 0 Å². The fourth-order valence-electron chi connectivity index (χ4n) is 1.45. The third-order valence-electron chi connectivity index (χ3n) is 2.50. The van der Waals surface area contributed by atoms with Crippen molar-refractivity contribution in [2.24, 2.45) is 11.7 Å². The summed E-state index contributed by atoms with van der Waals surface area (Å²) in [5.41, 5.74) is 4.96. The van der Waals surface area contributed by atoms with Crippen molar-refractivity contribution in [3.8, 4) is 0 Å². The zero-order valence-corrected chi connectivity index (χ0v) is 9.01. The molecular weight excluding hydrogens is 180 g/mol. The molecule has 82 valence electrons. The Morgan fingerprint density at radius 2 is 2.36 bits per heavy atom. The summed E-state index contributed by atoms with van der Waals surface area (Å²) < 4.78 is 5.32. The van der Waals surface area contributed by atoms with Gasteiger partial charge in [0.15, 0.2) is 0 Å². The summed E-state index contributed by atoms with van der Waals surface area (Å²) in [5.74, 6) is -0.109. The van der Waals surface area contributed by atoms with Crippen LogP contribution in [0.25, 0.3) is 0 Å². The highest BCUT2D eigenvalue weighted by Gasteiger charge is 2.28. The molecule has 0 amide bonds. The van der Waals surface area contributed by atoms with Gasteiger partial charge in [-0.3, -0.25) is 4.79 Å². The molecule has 0 bridgehead atoms. The van der Waals surface area contributed by atoms with E-state index in [1.54, 1.807) is 0 Å². The first kappa shape index (κ1) is 11.5. The third-order valence-corrected chi connectivity index (χ3v) is 2.50. The minimum absolute atomic E-state index is 0.00887. The molecule has 14 heavy (non-hydrogen) atoms. The maximum absolute atomic E-state index is 11.7. The lowest BCUT2D eigenvalue weighted by Gasteiger charge is -2.28. The van der Waals surface area contributed by atoms with E-state index in [4.69, 9.17) is 10.5 Å². The Morgan fingerprint density at radius 3 is 2.86 bits per heavy atom. The third kappa shape index (κ3) is 3.27. The van der Waals surface area contributed by atoms with Crippen LogP contribution in [0.3, 0.4) is 0 Å². The first-order valence-electron chi connectivity index (χ1n) is 5.19. The van der Waals surface area contributed by atoms with Crippen molar-refractivity contribution in [3.63, 3.8) is 0 Å². The summed E-state index contributed by atoms with van der Waals surface area (Å²) in [6.07, 6.45) is 1.97. The Labute approximate surface area is 85.2 Å². The minimum atomic E-state index is -0.533. The van der Waals surface area contributed by atoms with E-state index < -0.39 is 5.60 Å². The molecule has 0 aliphatic carbocycles. The van der Waals surface area contributed by atoms with Gasteiger partial charge in [-0.2, -0.15) is 0 Å². The molecular formula is C10H20N2O2. The van der Waals surface area contributed by atoms with Crippen LogP contribution in [-0.2, 0) is 9.53 Å². The normalized spacial score (nSPS) is 23.2. The lowest BCUT2D eigenvalue weighted by atomic mass is 9.99. The Kier molecular flexibility index (Phi) is 3.89. The zero-order valence-electron chi connectivity index (χ0n) is 9.01. The number of hydrogen-bond acceptors (Lipinski definition) is 4. The molecule has 1 aliphatic heterocycles. The molecule has 0 aromatic heterocycles. The van der Waals surface area contributed by atoms with E-state index in [1.165, 1.54) is 0 Å². The van der Waals surface area contributed by atoms with Gasteiger partial charge in [-0.15, -0.1) is 0 Å². The smallest absolute Gasteiger partial charge is 0.310 e. The fraction of sp³-hybridized carbons (Fsp3) is 0.900. The number of nitrogens with two attached hydrogens (primary N) is 1. The summed E-state index contributed by atoms with van der Waals surface area (Å²) in [5, 5.41) is 3.19. The number of piperidine rings is 1. The van der Waals surface area contributed by atoms with Crippen LogP contribution in [0.2, 0.25) is 0 Å². The Hall–Kier alpha value is -0.610. The van der Waals surface area contributed by atoms with E-state index in [1.807, 2.05) is 13.8 Å². The Morgan fingerprint density at radius 1 is 1.64 bits per heavy atom. The lowest BCUT2D eigenvalue weighted by Crippen LogP contribution is -2.42. The standard InChI is InChI=1S/C10H20N2O2/c1-10(2,7-11)14-9(13)8-4-3-5-12-6-8/h8,12H,3-7,11H2,1-2H3/t8-/m0/s1. The SMILES string of the molecule is CC(C)(CN)OC(=O)[C@H]1CCCNC1. The molecule has 1 heterocycles. The van der Waals surface area contributed by atoms with Gasteiger partial charge in [0, 0.05) is 13.1 Å². The summed E-state index contributed by atoms with van der Waals surface area (Å²) in [4.78, 5) is 11.7. The largest absolute Gasteiger partial charge is 0.458 e. The molecule has 1 fully saturated rings. The maximum Gasteiger partial charge on any atom is 0.310 e. The van der Waals surface area contributed by atoms with Gasteiger partial charge in [0.1, 0.15) is 5.60 Å². The predicted octanol–water partition coefficient (Wildman–Crippen LogP) is 0.267. The van der Waals surface area contributed by atoms with Crippen LogP contribution in [0.15, 0.2) is 0 Å². The van der Waals surface area contributed by atoms with Crippen molar-refractivity contribution in [1.29, 1.82) is 0 Å². The first-order chi connectivity index (χ1) is 6.55. The van der Waals surface area contributed by atoms with Crippen molar-refractivity contribution >= 4 is 5.97 Å². The van der Waals surface area contributed by atoms with E-state index in [0.717, 1.165) is 25.9 Å². The van der Waals surface area contributed by atoms with Gasteiger partial charge in [-0.05, 0) is 33.2 Å². The molecule has 1 saturated heterocycles. The number of carbonyl (C=O) groups excluding carboxylic acids is 1. The number of hydrogen-bond donors (Lipinski definition) is 2. The molecule has 0 radical (unpaired) electrons. The van der Waals surface area contributed by atoms with E-state index in [2.05, 4.69) is 5.32 Å². The average molecular weight is 200 g/mol. The van der Waals surface area contributed by atoms with Crippen LogP contribution in [0, 0.1) is 5.92 Å². The average Bonchev–Trinajstić information content (AvgIpc) is 2.19. The van der Waals surface area contributed by atoms with Crippen LogP contribution in [0.1, 0.15) is 26.7 Å². The second-order valence-corrected chi connectivity index (χ2v) is 4.43. The molecule has 0 aromatic carbocycles. The zero-order chi connectivity index (χ0) is 10.6. The van der Waals surface area contributed by atoms with E-state index >= 15 is 0 Å². The molecule has 1 atom stereocenters. The van der Waals surface area contributed by atoms with Gasteiger partial charge in [0.2, 0.25) is 0 Å². The van der Waals surface area contributed by atoms with Gasteiger partial charge in [-0.25, -0.2) is 0 Å². The summed E-state index contributed by atoms with van der Waals surface area (Å²) in [7, 11) is 0.